The number of amides is 1. The Labute approximate surface area is 92.4 Å². The molecule has 0 aromatic heterocycles. The van der Waals surface area contributed by atoms with Crippen LogP contribution < -0.4 is 5.32 Å². The number of halogens is 2. The second kappa shape index (κ2) is 5.38. The Hall–Kier alpha value is -1.53. The summed E-state index contributed by atoms with van der Waals surface area (Å²) < 4.78 is 12.8. The summed E-state index contributed by atoms with van der Waals surface area (Å²) in [4.78, 5) is 10.5. The highest BCUT2D eigenvalue weighted by atomic mass is 35.5. The van der Waals surface area contributed by atoms with Gasteiger partial charge in [0.2, 0.25) is 5.91 Å². The van der Waals surface area contributed by atoms with Crippen molar-refractivity contribution in [2.24, 2.45) is 0 Å². The van der Waals surface area contributed by atoms with E-state index in [-0.39, 0.29) is 18.3 Å². The van der Waals surface area contributed by atoms with E-state index < -0.39 is 0 Å². The van der Waals surface area contributed by atoms with Crippen molar-refractivity contribution in [2.45, 2.75) is 6.92 Å². The summed E-state index contributed by atoms with van der Waals surface area (Å²) in [6.07, 6.45) is 0. The van der Waals surface area contributed by atoms with Crippen molar-refractivity contribution >= 4 is 17.5 Å². The minimum Gasteiger partial charge on any atom is -0.345 e. The average molecular weight is 226 g/mol. The van der Waals surface area contributed by atoms with Crippen molar-refractivity contribution in [2.75, 3.05) is 6.54 Å². The summed E-state index contributed by atoms with van der Waals surface area (Å²) >= 11 is 5.78. The Morgan fingerprint density at radius 1 is 1.60 bits per heavy atom. The lowest BCUT2D eigenvalue weighted by Crippen LogP contribution is -2.19. The smallest absolute Gasteiger partial charge is 0.217 e. The number of rotatable bonds is 1. The molecule has 0 saturated heterocycles. The maximum absolute atomic E-state index is 12.8. The van der Waals surface area contributed by atoms with Gasteiger partial charge in [0.1, 0.15) is 5.82 Å². The van der Waals surface area contributed by atoms with Crippen LogP contribution in [0.1, 0.15) is 12.5 Å². The molecule has 1 aromatic rings. The van der Waals surface area contributed by atoms with Gasteiger partial charge >= 0.3 is 0 Å². The van der Waals surface area contributed by atoms with Gasteiger partial charge in [-0.1, -0.05) is 23.4 Å². The molecule has 0 saturated carbocycles. The number of nitrogens with one attached hydrogen (secondary N) is 1. The molecule has 0 aliphatic carbocycles. The summed E-state index contributed by atoms with van der Waals surface area (Å²) in [7, 11) is 0. The van der Waals surface area contributed by atoms with Gasteiger partial charge in [0.15, 0.2) is 0 Å². The number of hydrogen-bond donors (Lipinski definition) is 1. The average Bonchev–Trinajstić information content (AvgIpc) is 2.17. The first kappa shape index (κ1) is 11.5. The minimum atomic E-state index is -0.386. The van der Waals surface area contributed by atoms with Gasteiger partial charge in [0, 0.05) is 12.5 Å². The first-order valence-electron chi connectivity index (χ1n) is 4.28. The lowest BCUT2D eigenvalue weighted by Gasteiger charge is -1.95. The van der Waals surface area contributed by atoms with E-state index in [1.54, 1.807) is 0 Å². The van der Waals surface area contributed by atoms with Crippen molar-refractivity contribution in [3.63, 3.8) is 0 Å². The van der Waals surface area contributed by atoms with Gasteiger partial charge < -0.3 is 5.32 Å². The zero-order chi connectivity index (χ0) is 11.3. The molecule has 0 bridgehead atoms. The van der Waals surface area contributed by atoms with E-state index in [2.05, 4.69) is 17.2 Å². The fraction of sp³-hybridized carbons (Fsp3) is 0.182. The topological polar surface area (TPSA) is 29.1 Å². The van der Waals surface area contributed by atoms with Crippen molar-refractivity contribution in [3.05, 3.63) is 34.6 Å². The maximum Gasteiger partial charge on any atom is 0.217 e. The molecule has 78 valence electrons. The highest BCUT2D eigenvalue weighted by Gasteiger charge is 1.97. The van der Waals surface area contributed by atoms with E-state index in [4.69, 9.17) is 11.6 Å². The van der Waals surface area contributed by atoms with Crippen LogP contribution >= 0.6 is 11.6 Å². The molecule has 2 nitrogen and oxygen atoms in total. The van der Waals surface area contributed by atoms with E-state index in [9.17, 15) is 9.18 Å². The molecule has 0 unspecified atom stereocenters. The summed E-state index contributed by atoms with van der Waals surface area (Å²) in [5.74, 6) is 4.80. The molecular weight excluding hydrogens is 217 g/mol. The maximum atomic E-state index is 12.8. The van der Waals surface area contributed by atoms with Crippen molar-refractivity contribution in [3.8, 4) is 11.8 Å². The van der Waals surface area contributed by atoms with Crippen LogP contribution in [-0.2, 0) is 4.79 Å². The van der Waals surface area contributed by atoms with Crippen LogP contribution in [0.25, 0.3) is 0 Å². The number of hydrogen-bond acceptors (Lipinski definition) is 1. The molecule has 0 aliphatic heterocycles. The van der Waals surface area contributed by atoms with Crippen LogP contribution in [0.3, 0.4) is 0 Å². The quantitative estimate of drug-likeness (QED) is 0.728. The second-order valence-corrected chi connectivity index (χ2v) is 3.24. The molecule has 0 spiro atoms. The van der Waals surface area contributed by atoms with Gasteiger partial charge in [-0.3, -0.25) is 4.79 Å². The van der Waals surface area contributed by atoms with Gasteiger partial charge in [0.25, 0.3) is 0 Å². The van der Waals surface area contributed by atoms with E-state index in [0.29, 0.717) is 10.6 Å². The molecule has 0 radical (unpaired) electrons. The van der Waals surface area contributed by atoms with Crippen LogP contribution in [0.15, 0.2) is 18.2 Å². The lowest BCUT2D eigenvalue weighted by atomic mass is 10.2. The molecule has 15 heavy (non-hydrogen) atoms. The zero-order valence-corrected chi connectivity index (χ0v) is 8.86. The number of benzene rings is 1. The summed E-state index contributed by atoms with van der Waals surface area (Å²) in [6.45, 7) is 1.62. The fourth-order valence-electron chi connectivity index (χ4n) is 0.901. The summed E-state index contributed by atoms with van der Waals surface area (Å²) in [5, 5.41) is 2.90. The van der Waals surface area contributed by atoms with Crippen molar-refractivity contribution < 1.29 is 9.18 Å². The van der Waals surface area contributed by atoms with Crippen LogP contribution in [0.5, 0.6) is 0 Å². The van der Waals surface area contributed by atoms with E-state index in [1.165, 1.54) is 25.1 Å². The van der Waals surface area contributed by atoms with E-state index in [0.717, 1.165) is 0 Å². The molecule has 0 fully saturated rings. The molecule has 1 aromatic carbocycles. The first-order valence-corrected chi connectivity index (χ1v) is 4.66. The third kappa shape index (κ3) is 4.01. The largest absolute Gasteiger partial charge is 0.345 e. The standard InChI is InChI=1S/C11H9ClFNO/c1-8(15)14-6-2-3-9-7-10(13)4-5-11(9)12/h4-5,7H,6H2,1H3,(H,14,15). The van der Waals surface area contributed by atoms with Crippen molar-refractivity contribution in [1.82, 2.24) is 5.32 Å². The molecule has 0 aliphatic rings. The minimum absolute atomic E-state index is 0.158. The van der Waals surface area contributed by atoms with Gasteiger partial charge in [-0.05, 0) is 18.2 Å². The normalized spacial score (nSPS) is 9.00. The third-order valence-corrected chi connectivity index (χ3v) is 1.91. The Balaban J connectivity index is 2.71. The van der Waals surface area contributed by atoms with Crippen molar-refractivity contribution in [1.29, 1.82) is 0 Å². The predicted octanol–water partition coefficient (Wildman–Crippen LogP) is 1.97. The Kier molecular flexibility index (Phi) is 4.14. The SMILES string of the molecule is CC(=O)NCC#Cc1cc(F)ccc1Cl. The molecule has 1 N–H and O–H groups in total. The second-order valence-electron chi connectivity index (χ2n) is 2.84. The molecular formula is C11H9ClFNO. The summed E-state index contributed by atoms with van der Waals surface area (Å²) in [5.41, 5.74) is 0.419. The van der Waals surface area contributed by atoms with Crippen LogP contribution in [0, 0.1) is 17.7 Å². The molecule has 0 atom stereocenters. The molecule has 1 rings (SSSR count). The molecule has 4 heteroatoms. The molecule has 1 amide bonds. The van der Waals surface area contributed by atoms with E-state index >= 15 is 0 Å². The predicted molar refractivity (Wildman–Crippen MR) is 57.0 cm³/mol. The van der Waals surface area contributed by atoms with Crippen LogP contribution in [0.2, 0.25) is 5.02 Å². The van der Waals surface area contributed by atoms with Crippen LogP contribution in [-0.4, -0.2) is 12.5 Å². The number of carbonyl (C=O) groups excluding carboxylic acids is 1. The Morgan fingerprint density at radius 2 is 2.33 bits per heavy atom. The van der Waals surface area contributed by atoms with Crippen LogP contribution in [0.4, 0.5) is 4.39 Å². The Bertz CT molecular complexity index is 434. The summed E-state index contributed by atoms with van der Waals surface area (Å²) in [6, 6.07) is 3.96. The van der Waals surface area contributed by atoms with E-state index in [1.807, 2.05) is 0 Å². The fourth-order valence-corrected chi connectivity index (χ4v) is 1.07. The van der Waals surface area contributed by atoms with Gasteiger partial charge in [-0.2, -0.15) is 0 Å². The van der Waals surface area contributed by atoms with Gasteiger partial charge in [0.05, 0.1) is 11.6 Å². The molecule has 0 heterocycles. The zero-order valence-electron chi connectivity index (χ0n) is 8.10. The Morgan fingerprint density at radius 3 is 3.00 bits per heavy atom. The van der Waals surface area contributed by atoms with Gasteiger partial charge in [-0.15, -0.1) is 0 Å². The monoisotopic (exact) mass is 225 g/mol. The highest BCUT2D eigenvalue weighted by Crippen LogP contribution is 2.15. The third-order valence-electron chi connectivity index (χ3n) is 1.58. The first-order chi connectivity index (χ1) is 7.09. The lowest BCUT2D eigenvalue weighted by molar-refractivity contribution is -0.118. The number of carbonyl (C=O) groups is 1. The highest BCUT2D eigenvalue weighted by molar-refractivity contribution is 6.31. The van der Waals surface area contributed by atoms with Gasteiger partial charge in [-0.25, -0.2) is 4.39 Å².